The second-order valence-corrected chi connectivity index (χ2v) is 14.0. The zero-order valence-electron chi connectivity index (χ0n) is 25.6. The number of nitrogens with zero attached hydrogens (tertiary/aromatic N) is 3. The molecule has 2 saturated heterocycles. The van der Waals surface area contributed by atoms with Crippen LogP contribution in [-0.2, 0) is 14.4 Å². The molecule has 1 unspecified atom stereocenters. The van der Waals surface area contributed by atoms with Crippen LogP contribution in [0.15, 0.2) is 78.9 Å². The van der Waals surface area contributed by atoms with Gasteiger partial charge in [-0.15, -0.1) is 11.8 Å². The zero-order chi connectivity index (χ0) is 31.1. The highest BCUT2D eigenvalue weighted by Gasteiger charge is 2.74. The van der Waals surface area contributed by atoms with E-state index >= 15 is 0 Å². The summed E-state index contributed by atoms with van der Waals surface area (Å²) in [6.07, 6.45) is 9.91. The van der Waals surface area contributed by atoms with Crippen LogP contribution >= 0.6 is 11.8 Å². The van der Waals surface area contributed by atoms with E-state index in [1.807, 2.05) is 91.6 Å². The van der Waals surface area contributed by atoms with Crippen LogP contribution in [0.2, 0.25) is 0 Å². The van der Waals surface area contributed by atoms with Crippen molar-refractivity contribution in [3.8, 4) is 5.75 Å². The number of carbonyl (C=O) groups excluding carboxylic acids is 3. The van der Waals surface area contributed by atoms with Gasteiger partial charge >= 0.3 is 0 Å². The van der Waals surface area contributed by atoms with E-state index in [9.17, 15) is 19.5 Å². The molecular formula is C35H41N3O5S. The van der Waals surface area contributed by atoms with Gasteiger partial charge in [0.05, 0.1) is 35.8 Å². The van der Waals surface area contributed by atoms with Crippen LogP contribution in [0.25, 0.3) is 0 Å². The monoisotopic (exact) mass is 615 g/mol. The number of aliphatic hydroxyl groups is 1. The highest BCUT2D eigenvalue weighted by Crippen LogP contribution is 2.66. The molecule has 0 radical (unpaired) electrons. The smallest absolute Gasteiger partial charge is 0.247 e. The lowest BCUT2D eigenvalue weighted by atomic mass is 9.74. The molecule has 0 saturated carbocycles. The molecule has 1 N–H and O–H groups in total. The van der Waals surface area contributed by atoms with Crippen molar-refractivity contribution < 1.29 is 24.2 Å². The van der Waals surface area contributed by atoms with E-state index in [0.29, 0.717) is 26.2 Å². The third-order valence-corrected chi connectivity index (χ3v) is 11.3. The van der Waals surface area contributed by atoms with Crippen LogP contribution in [-0.4, -0.2) is 81.0 Å². The predicted molar refractivity (Wildman–Crippen MR) is 172 cm³/mol. The van der Waals surface area contributed by atoms with Crippen molar-refractivity contribution in [3.63, 3.8) is 0 Å². The number of rotatable bonds is 9. The summed E-state index contributed by atoms with van der Waals surface area (Å²) in [7, 11) is 0. The summed E-state index contributed by atoms with van der Waals surface area (Å²) in [5.74, 6) is -1.30. The van der Waals surface area contributed by atoms with Crippen molar-refractivity contribution in [1.82, 2.24) is 9.80 Å². The first-order chi connectivity index (χ1) is 21.3. The van der Waals surface area contributed by atoms with Gasteiger partial charge in [0.2, 0.25) is 17.7 Å². The van der Waals surface area contributed by atoms with Crippen molar-refractivity contribution in [1.29, 1.82) is 0 Å². The Balaban J connectivity index is 1.46. The molecule has 4 heterocycles. The van der Waals surface area contributed by atoms with Crippen LogP contribution in [0.4, 0.5) is 5.69 Å². The van der Waals surface area contributed by atoms with Crippen molar-refractivity contribution in [3.05, 3.63) is 84.5 Å². The molecule has 3 amide bonds. The summed E-state index contributed by atoms with van der Waals surface area (Å²) in [5, 5.41) is 10.8. The van der Waals surface area contributed by atoms with E-state index in [1.165, 1.54) is 0 Å². The number of thioether (sulfide) groups is 1. The fourth-order valence-electron chi connectivity index (χ4n) is 7.54. The van der Waals surface area contributed by atoms with Gasteiger partial charge in [-0.05, 0) is 50.1 Å². The van der Waals surface area contributed by atoms with E-state index in [4.69, 9.17) is 4.74 Å². The first-order valence-electron chi connectivity index (χ1n) is 15.7. The number of ether oxygens (including phenoxy) is 1. The maximum Gasteiger partial charge on any atom is 0.247 e. The van der Waals surface area contributed by atoms with Gasteiger partial charge in [0.1, 0.15) is 11.8 Å². The number of hydrogen-bond donors (Lipinski definition) is 1. The molecule has 2 fully saturated rings. The summed E-state index contributed by atoms with van der Waals surface area (Å²) in [4.78, 5) is 49.4. The normalized spacial score (nSPS) is 30.1. The van der Waals surface area contributed by atoms with Gasteiger partial charge in [-0.1, -0.05) is 68.0 Å². The average molecular weight is 616 g/mol. The predicted octanol–water partition coefficient (Wildman–Crippen LogP) is 4.61. The Hall–Kier alpha value is -3.56. The van der Waals surface area contributed by atoms with Crippen LogP contribution in [0.3, 0.4) is 0 Å². The molecule has 8 nitrogen and oxygen atoms in total. The van der Waals surface area contributed by atoms with Gasteiger partial charge in [0.15, 0.2) is 0 Å². The van der Waals surface area contributed by atoms with Crippen molar-refractivity contribution in [2.24, 2.45) is 11.8 Å². The molecule has 1 spiro atoms. The number of fused-ring (bicyclic) bond motifs is 2. The van der Waals surface area contributed by atoms with Gasteiger partial charge < -0.3 is 24.5 Å². The minimum atomic E-state index is -0.974. The van der Waals surface area contributed by atoms with Gasteiger partial charge in [0, 0.05) is 30.1 Å². The Bertz CT molecular complexity index is 1460. The topological polar surface area (TPSA) is 90.4 Å². The number of unbranched alkanes of at least 4 members (excludes halogenated alkanes) is 1. The number of amides is 3. The molecule has 0 aromatic heterocycles. The summed E-state index contributed by atoms with van der Waals surface area (Å²) in [5.41, 5.74) is 1.49. The van der Waals surface area contributed by atoms with Crippen molar-refractivity contribution >= 4 is 35.2 Å². The Labute approximate surface area is 263 Å². The molecule has 6 atom stereocenters. The van der Waals surface area contributed by atoms with E-state index in [1.54, 1.807) is 21.6 Å². The maximum absolute atomic E-state index is 14.9. The largest absolute Gasteiger partial charge is 0.494 e. The molecule has 2 aromatic carbocycles. The summed E-state index contributed by atoms with van der Waals surface area (Å²) >= 11 is 1.56. The van der Waals surface area contributed by atoms with Gasteiger partial charge in [-0.2, -0.15) is 0 Å². The maximum atomic E-state index is 14.9. The minimum absolute atomic E-state index is 0.124. The average Bonchev–Trinajstić information content (AvgIpc) is 3.30. The second kappa shape index (κ2) is 12.1. The first kappa shape index (κ1) is 30.5. The van der Waals surface area contributed by atoms with E-state index in [0.717, 1.165) is 29.8 Å². The molecule has 4 aliphatic rings. The Morgan fingerprint density at radius 3 is 2.34 bits per heavy atom. The summed E-state index contributed by atoms with van der Waals surface area (Å²) in [6, 6.07) is 15.3. The molecule has 4 aliphatic heterocycles. The number of anilines is 1. The molecule has 232 valence electrons. The van der Waals surface area contributed by atoms with E-state index in [2.05, 4.69) is 13.0 Å². The quantitative estimate of drug-likeness (QED) is 0.415. The lowest BCUT2D eigenvalue weighted by molar-refractivity contribution is -0.146. The fraction of sp³-hybridized carbons (Fsp3) is 0.457. The number of aliphatic hydroxyl groups excluding tert-OH is 1. The van der Waals surface area contributed by atoms with Crippen LogP contribution in [0.1, 0.15) is 45.2 Å². The van der Waals surface area contributed by atoms with Crippen LogP contribution in [0.5, 0.6) is 5.75 Å². The van der Waals surface area contributed by atoms with Crippen molar-refractivity contribution in [2.45, 2.75) is 55.2 Å². The first-order valence-corrected chi connectivity index (χ1v) is 16.5. The highest BCUT2D eigenvalue weighted by atomic mass is 32.2. The van der Waals surface area contributed by atoms with E-state index in [-0.39, 0.29) is 24.3 Å². The number of carbonyl (C=O) groups is 3. The molecular weight excluding hydrogens is 574 g/mol. The van der Waals surface area contributed by atoms with Gasteiger partial charge in [0.25, 0.3) is 0 Å². The minimum Gasteiger partial charge on any atom is -0.494 e. The molecule has 9 heteroatoms. The molecule has 44 heavy (non-hydrogen) atoms. The molecule has 0 aliphatic carbocycles. The molecule has 2 aromatic rings. The standard InChI is InChI=1S/C35H41N3O5S/c1-4-6-20-36-21-11-19-35-29(32(41)38(30(35)33(36)42)27(23-39)24-12-8-7-9-13-24)28-31(40)37(22-10-18-34(28,3)44-35)25-14-16-26(17-15-25)43-5-2/h7-19,27-30,39H,4-6,20-23H2,1-3H3/t27-,28-,29+,30?,34+,35+/m1/s1. The van der Waals surface area contributed by atoms with Crippen LogP contribution in [0, 0.1) is 11.8 Å². The van der Waals surface area contributed by atoms with Crippen LogP contribution < -0.4 is 9.64 Å². The highest BCUT2D eigenvalue weighted by molar-refractivity contribution is 8.02. The number of likely N-dealkylation sites (tertiary alicyclic amines) is 1. The summed E-state index contributed by atoms with van der Waals surface area (Å²) in [6.45, 7) is 7.67. The lowest BCUT2D eigenvalue weighted by Gasteiger charge is -2.40. The Morgan fingerprint density at radius 2 is 1.66 bits per heavy atom. The molecule has 0 bridgehead atoms. The second-order valence-electron chi connectivity index (χ2n) is 12.2. The lowest BCUT2D eigenvalue weighted by Crippen LogP contribution is -2.54. The van der Waals surface area contributed by atoms with Crippen molar-refractivity contribution in [2.75, 3.05) is 37.7 Å². The third-order valence-electron chi connectivity index (χ3n) is 9.51. The number of hydrogen-bond acceptors (Lipinski definition) is 6. The SMILES string of the molecule is CCCCN1CC=C[C@]23S[C@@]4(C)C=CCN(c5ccc(OCC)cc5)C(=O)[C@H]4[C@H]2C(=O)N([C@H](CO)c2ccccc2)C3C1=O. The Morgan fingerprint density at radius 1 is 0.932 bits per heavy atom. The Kier molecular flexibility index (Phi) is 8.37. The third kappa shape index (κ3) is 4.85. The molecule has 6 rings (SSSR count). The van der Waals surface area contributed by atoms with Gasteiger partial charge in [-0.25, -0.2) is 0 Å². The zero-order valence-corrected chi connectivity index (χ0v) is 26.4. The van der Waals surface area contributed by atoms with E-state index < -0.39 is 33.4 Å². The summed E-state index contributed by atoms with van der Waals surface area (Å²) < 4.78 is 3.93. The fourth-order valence-corrected chi connectivity index (χ4v) is 9.69. The van der Waals surface area contributed by atoms with Gasteiger partial charge in [-0.3, -0.25) is 14.4 Å². The number of benzene rings is 2.